The third-order valence-corrected chi connectivity index (χ3v) is 3.45. The lowest BCUT2D eigenvalue weighted by atomic mass is 10.1. The van der Waals surface area contributed by atoms with Crippen molar-refractivity contribution in [2.24, 2.45) is 0 Å². The summed E-state index contributed by atoms with van der Waals surface area (Å²) in [4.78, 5) is 13.9. The molecule has 0 aromatic heterocycles. The highest BCUT2D eigenvalue weighted by atomic mass is 16.1. The lowest BCUT2D eigenvalue weighted by molar-refractivity contribution is 0.0988. The summed E-state index contributed by atoms with van der Waals surface area (Å²) < 4.78 is 0. The molecule has 0 spiro atoms. The lowest BCUT2D eigenvalue weighted by Crippen LogP contribution is -2.16. The summed E-state index contributed by atoms with van der Waals surface area (Å²) >= 11 is 0. The average Bonchev–Trinajstić information content (AvgIpc) is 2.48. The summed E-state index contributed by atoms with van der Waals surface area (Å²) in [5.41, 5.74) is 4.34. The first kappa shape index (κ1) is 14.3. The Labute approximate surface area is 121 Å². The van der Waals surface area contributed by atoms with Crippen LogP contribution in [0.5, 0.6) is 0 Å². The summed E-state index contributed by atoms with van der Waals surface area (Å²) in [6.07, 6.45) is 0.550. The van der Waals surface area contributed by atoms with Crippen LogP contribution in [-0.4, -0.2) is 12.3 Å². The molecule has 2 aromatic carbocycles. The highest BCUT2D eigenvalue weighted by molar-refractivity contribution is 5.96. The molecule has 0 saturated heterocycles. The number of aryl methyl sites for hydroxylation is 1. The zero-order valence-electron chi connectivity index (χ0n) is 12.4. The van der Waals surface area contributed by atoms with Crippen LogP contribution in [0.1, 0.15) is 36.2 Å². The molecule has 0 aliphatic carbocycles. The standard InChI is InChI=1S/C18H21NO/c1-4-18(20)15-9-11-16(12-10-15)19(5-2)17-8-6-7-14(3)13-17/h6-13H,4-5H2,1-3H3. The number of ketones is 1. The van der Waals surface area contributed by atoms with Gasteiger partial charge in [0.05, 0.1) is 0 Å². The maximum atomic E-state index is 11.7. The van der Waals surface area contributed by atoms with Gasteiger partial charge in [0, 0.05) is 29.9 Å². The Hall–Kier alpha value is -2.09. The molecule has 0 saturated carbocycles. The number of nitrogens with zero attached hydrogens (tertiary/aromatic N) is 1. The highest BCUT2D eigenvalue weighted by Gasteiger charge is 2.08. The number of rotatable bonds is 5. The summed E-state index contributed by atoms with van der Waals surface area (Å²) in [6, 6.07) is 16.3. The minimum absolute atomic E-state index is 0.190. The minimum atomic E-state index is 0.190. The molecular formula is C18H21NO. The zero-order valence-corrected chi connectivity index (χ0v) is 12.4. The molecule has 104 valence electrons. The molecule has 0 unspecified atom stereocenters. The van der Waals surface area contributed by atoms with Crippen molar-refractivity contribution < 1.29 is 4.79 Å². The molecular weight excluding hydrogens is 246 g/mol. The third kappa shape index (κ3) is 3.08. The van der Waals surface area contributed by atoms with Gasteiger partial charge in [-0.25, -0.2) is 0 Å². The van der Waals surface area contributed by atoms with Crippen LogP contribution in [0.15, 0.2) is 48.5 Å². The summed E-state index contributed by atoms with van der Waals surface area (Å²) in [7, 11) is 0. The van der Waals surface area contributed by atoms with Crippen LogP contribution in [0, 0.1) is 6.92 Å². The quantitative estimate of drug-likeness (QED) is 0.729. The minimum Gasteiger partial charge on any atom is -0.342 e. The molecule has 0 radical (unpaired) electrons. The van der Waals surface area contributed by atoms with Gasteiger partial charge in [-0.15, -0.1) is 0 Å². The molecule has 2 heteroatoms. The van der Waals surface area contributed by atoms with E-state index >= 15 is 0 Å². The fourth-order valence-corrected chi connectivity index (χ4v) is 2.34. The van der Waals surface area contributed by atoms with Crippen LogP contribution in [0.25, 0.3) is 0 Å². The topological polar surface area (TPSA) is 20.3 Å². The second kappa shape index (κ2) is 6.38. The summed E-state index contributed by atoms with van der Waals surface area (Å²) in [5.74, 6) is 0.190. The smallest absolute Gasteiger partial charge is 0.162 e. The molecule has 0 atom stereocenters. The van der Waals surface area contributed by atoms with Crippen molar-refractivity contribution in [3.8, 4) is 0 Å². The molecule has 0 aliphatic heterocycles. The van der Waals surface area contributed by atoms with Gasteiger partial charge < -0.3 is 4.90 Å². The fraction of sp³-hybridized carbons (Fsp3) is 0.278. The second-order valence-corrected chi connectivity index (χ2v) is 4.91. The number of hydrogen-bond donors (Lipinski definition) is 0. The van der Waals surface area contributed by atoms with Crippen molar-refractivity contribution in [3.63, 3.8) is 0 Å². The Morgan fingerprint density at radius 1 is 1.00 bits per heavy atom. The molecule has 2 nitrogen and oxygen atoms in total. The Kier molecular flexibility index (Phi) is 4.57. The van der Waals surface area contributed by atoms with Gasteiger partial charge in [-0.3, -0.25) is 4.79 Å². The molecule has 0 fully saturated rings. The largest absolute Gasteiger partial charge is 0.342 e. The van der Waals surface area contributed by atoms with Crippen molar-refractivity contribution in [3.05, 3.63) is 59.7 Å². The van der Waals surface area contributed by atoms with E-state index in [0.29, 0.717) is 6.42 Å². The first-order valence-electron chi connectivity index (χ1n) is 7.13. The number of hydrogen-bond acceptors (Lipinski definition) is 2. The van der Waals surface area contributed by atoms with Crippen LogP contribution in [-0.2, 0) is 0 Å². The summed E-state index contributed by atoms with van der Waals surface area (Å²) in [6.45, 7) is 7.01. The Morgan fingerprint density at radius 3 is 2.25 bits per heavy atom. The van der Waals surface area contributed by atoms with E-state index in [1.165, 1.54) is 11.3 Å². The normalized spacial score (nSPS) is 10.3. The van der Waals surface area contributed by atoms with E-state index < -0.39 is 0 Å². The molecule has 0 N–H and O–H groups in total. The highest BCUT2D eigenvalue weighted by Crippen LogP contribution is 2.26. The van der Waals surface area contributed by atoms with E-state index in [9.17, 15) is 4.79 Å². The van der Waals surface area contributed by atoms with Gasteiger partial charge in [0.15, 0.2) is 5.78 Å². The van der Waals surface area contributed by atoms with E-state index in [1.54, 1.807) is 0 Å². The zero-order chi connectivity index (χ0) is 14.5. The van der Waals surface area contributed by atoms with E-state index in [2.05, 4.69) is 43.0 Å². The van der Waals surface area contributed by atoms with Gasteiger partial charge in [-0.1, -0.05) is 19.1 Å². The second-order valence-electron chi connectivity index (χ2n) is 4.91. The van der Waals surface area contributed by atoms with Crippen molar-refractivity contribution in [1.29, 1.82) is 0 Å². The molecule has 2 rings (SSSR count). The van der Waals surface area contributed by atoms with Gasteiger partial charge in [-0.05, 0) is 55.8 Å². The van der Waals surface area contributed by atoms with Crippen LogP contribution >= 0.6 is 0 Å². The van der Waals surface area contributed by atoms with Crippen molar-refractivity contribution in [1.82, 2.24) is 0 Å². The molecule has 20 heavy (non-hydrogen) atoms. The first-order valence-corrected chi connectivity index (χ1v) is 7.13. The molecule has 0 heterocycles. The molecule has 0 aliphatic rings. The number of benzene rings is 2. The lowest BCUT2D eigenvalue weighted by Gasteiger charge is -2.24. The maximum absolute atomic E-state index is 11.7. The van der Waals surface area contributed by atoms with E-state index in [4.69, 9.17) is 0 Å². The number of Topliss-reactive ketones (excluding diaryl/α,β-unsaturated/α-hetero) is 1. The van der Waals surface area contributed by atoms with E-state index in [1.807, 2.05) is 31.2 Å². The SMILES string of the molecule is CCC(=O)c1ccc(N(CC)c2cccc(C)c2)cc1. The number of carbonyl (C=O) groups excluding carboxylic acids is 1. The van der Waals surface area contributed by atoms with Gasteiger partial charge in [0.25, 0.3) is 0 Å². The Bertz CT molecular complexity index is 587. The fourth-order valence-electron chi connectivity index (χ4n) is 2.34. The molecule has 0 bridgehead atoms. The van der Waals surface area contributed by atoms with Crippen molar-refractivity contribution >= 4 is 17.2 Å². The number of carbonyl (C=O) groups is 1. The monoisotopic (exact) mass is 267 g/mol. The van der Waals surface area contributed by atoms with E-state index in [-0.39, 0.29) is 5.78 Å². The summed E-state index contributed by atoms with van der Waals surface area (Å²) in [5, 5.41) is 0. The Morgan fingerprint density at radius 2 is 1.70 bits per heavy atom. The van der Waals surface area contributed by atoms with Gasteiger partial charge in [0.1, 0.15) is 0 Å². The van der Waals surface area contributed by atoms with Crippen molar-refractivity contribution in [2.75, 3.05) is 11.4 Å². The third-order valence-electron chi connectivity index (χ3n) is 3.45. The average molecular weight is 267 g/mol. The van der Waals surface area contributed by atoms with Gasteiger partial charge in [-0.2, -0.15) is 0 Å². The van der Waals surface area contributed by atoms with Crippen molar-refractivity contribution in [2.45, 2.75) is 27.2 Å². The molecule has 0 amide bonds. The van der Waals surface area contributed by atoms with Gasteiger partial charge >= 0.3 is 0 Å². The number of anilines is 2. The predicted octanol–water partition coefficient (Wildman–Crippen LogP) is 4.75. The van der Waals surface area contributed by atoms with Crippen LogP contribution in [0.3, 0.4) is 0 Å². The van der Waals surface area contributed by atoms with Crippen LogP contribution in [0.4, 0.5) is 11.4 Å². The maximum Gasteiger partial charge on any atom is 0.162 e. The molecule has 2 aromatic rings. The predicted molar refractivity (Wildman–Crippen MR) is 84.9 cm³/mol. The first-order chi connectivity index (χ1) is 9.65. The van der Waals surface area contributed by atoms with E-state index in [0.717, 1.165) is 17.8 Å². The van der Waals surface area contributed by atoms with Crippen LogP contribution in [0.2, 0.25) is 0 Å². The van der Waals surface area contributed by atoms with Gasteiger partial charge in [0.2, 0.25) is 0 Å². The van der Waals surface area contributed by atoms with Crippen LogP contribution < -0.4 is 4.90 Å². The Balaban J connectivity index is 2.30.